The van der Waals surface area contributed by atoms with Crippen molar-refractivity contribution >= 4 is 44.0 Å². The zero-order valence-corrected chi connectivity index (χ0v) is 17.7. The summed E-state index contributed by atoms with van der Waals surface area (Å²) in [5.74, 6) is -1.22. The van der Waals surface area contributed by atoms with Crippen LogP contribution < -0.4 is 14.8 Å². The lowest BCUT2D eigenvalue weighted by Gasteiger charge is -2.15. The number of nitrogens with zero attached hydrogens (tertiary/aromatic N) is 1. The number of rotatable bonds is 7. The molecule has 0 saturated heterocycles. The van der Waals surface area contributed by atoms with E-state index in [4.69, 9.17) is 11.6 Å². The van der Waals surface area contributed by atoms with E-state index in [1.54, 1.807) is 30.3 Å². The van der Waals surface area contributed by atoms with Gasteiger partial charge in [0.25, 0.3) is 15.9 Å². The predicted molar refractivity (Wildman–Crippen MR) is 109 cm³/mol. The Kier molecular flexibility index (Phi) is 6.72. The second-order valence-corrected chi connectivity index (χ2v) is 9.25. The van der Waals surface area contributed by atoms with Crippen LogP contribution in [0.15, 0.2) is 59.6 Å². The van der Waals surface area contributed by atoms with Crippen LogP contribution in [-0.2, 0) is 16.6 Å². The van der Waals surface area contributed by atoms with Crippen molar-refractivity contribution < 1.29 is 31.1 Å². The third kappa shape index (κ3) is 6.32. The van der Waals surface area contributed by atoms with E-state index in [2.05, 4.69) is 19.8 Å². The standard InChI is InChI=1S/C18H13ClF3N3O4S2/c19-15-10-24-17(30-15)25-31(27,28)14-8-13(29-18(20,21)22)7-6-12(14)9-23-16(26)11-4-2-1-3-5-11/h1-8,10H,9H2,(H,23,26)(H,24,25). The van der Waals surface area contributed by atoms with Gasteiger partial charge in [-0.25, -0.2) is 13.4 Å². The minimum absolute atomic E-state index is 0.0361. The van der Waals surface area contributed by atoms with E-state index in [0.717, 1.165) is 29.5 Å². The van der Waals surface area contributed by atoms with Crippen LogP contribution in [0.3, 0.4) is 0 Å². The Morgan fingerprint density at radius 3 is 2.48 bits per heavy atom. The normalized spacial score (nSPS) is 11.7. The molecule has 0 spiro atoms. The Labute approximate surface area is 183 Å². The number of anilines is 1. The molecule has 2 aromatic carbocycles. The summed E-state index contributed by atoms with van der Waals surface area (Å²) in [6.45, 7) is -0.269. The molecule has 13 heteroatoms. The number of aromatic nitrogens is 1. The van der Waals surface area contributed by atoms with Gasteiger partial charge >= 0.3 is 6.36 Å². The molecule has 1 aromatic heterocycles. The molecule has 0 unspecified atom stereocenters. The van der Waals surface area contributed by atoms with Gasteiger partial charge in [-0.1, -0.05) is 47.2 Å². The number of sulfonamides is 1. The molecule has 2 N–H and O–H groups in total. The van der Waals surface area contributed by atoms with Crippen LogP contribution in [0, 0.1) is 0 Å². The Hall–Kier alpha value is -2.83. The second-order valence-electron chi connectivity index (χ2n) is 5.94. The van der Waals surface area contributed by atoms with E-state index in [9.17, 15) is 26.4 Å². The van der Waals surface area contributed by atoms with Crippen molar-refractivity contribution in [2.45, 2.75) is 17.8 Å². The number of amides is 1. The van der Waals surface area contributed by atoms with Crippen LogP contribution in [-0.4, -0.2) is 25.7 Å². The molecule has 0 aliphatic heterocycles. The molecule has 164 valence electrons. The molecule has 0 bridgehead atoms. The van der Waals surface area contributed by atoms with Crippen LogP contribution in [0.25, 0.3) is 0 Å². The van der Waals surface area contributed by atoms with Crippen molar-refractivity contribution in [3.63, 3.8) is 0 Å². The number of hydrogen-bond acceptors (Lipinski definition) is 6. The summed E-state index contributed by atoms with van der Waals surface area (Å²) in [6, 6.07) is 10.9. The van der Waals surface area contributed by atoms with Crippen molar-refractivity contribution in [3.8, 4) is 5.75 Å². The minimum atomic E-state index is -5.01. The molecule has 3 rings (SSSR count). The summed E-state index contributed by atoms with van der Waals surface area (Å²) >= 11 is 6.56. The summed E-state index contributed by atoms with van der Waals surface area (Å²) in [4.78, 5) is 15.5. The van der Waals surface area contributed by atoms with Crippen molar-refractivity contribution in [3.05, 3.63) is 70.2 Å². The highest BCUT2D eigenvalue weighted by molar-refractivity contribution is 7.93. The van der Waals surface area contributed by atoms with E-state index in [-0.39, 0.29) is 21.6 Å². The largest absolute Gasteiger partial charge is 0.573 e. The minimum Gasteiger partial charge on any atom is -0.406 e. The third-order valence-corrected chi connectivity index (χ3v) is 6.32. The number of ether oxygens (including phenoxy) is 1. The van der Waals surface area contributed by atoms with Gasteiger partial charge in [-0.05, 0) is 23.8 Å². The maximum Gasteiger partial charge on any atom is 0.573 e. The molecule has 0 aliphatic rings. The van der Waals surface area contributed by atoms with Crippen molar-refractivity contribution in [2.24, 2.45) is 0 Å². The Bertz CT molecular complexity index is 1190. The molecule has 0 saturated carbocycles. The van der Waals surface area contributed by atoms with Gasteiger partial charge in [-0.3, -0.25) is 9.52 Å². The first kappa shape index (κ1) is 22.8. The number of carbonyl (C=O) groups excluding carboxylic acids is 1. The van der Waals surface area contributed by atoms with Gasteiger partial charge in [0, 0.05) is 18.2 Å². The molecule has 0 atom stereocenters. The van der Waals surface area contributed by atoms with E-state index < -0.39 is 32.9 Å². The fourth-order valence-corrected chi connectivity index (χ4v) is 4.78. The van der Waals surface area contributed by atoms with Gasteiger partial charge in [0.2, 0.25) is 0 Å². The molecule has 0 aliphatic carbocycles. The van der Waals surface area contributed by atoms with E-state index in [1.807, 2.05) is 0 Å². The Morgan fingerprint density at radius 2 is 1.87 bits per heavy atom. The fraction of sp³-hybridized carbons (Fsp3) is 0.111. The van der Waals surface area contributed by atoms with Crippen LogP contribution in [0.2, 0.25) is 4.34 Å². The Balaban J connectivity index is 1.91. The number of nitrogens with one attached hydrogen (secondary N) is 2. The molecular weight excluding hydrogens is 479 g/mol. The van der Waals surface area contributed by atoms with Gasteiger partial charge in [0.15, 0.2) is 5.13 Å². The van der Waals surface area contributed by atoms with Crippen molar-refractivity contribution in [2.75, 3.05) is 4.72 Å². The zero-order chi connectivity index (χ0) is 22.6. The average molecular weight is 492 g/mol. The maximum atomic E-state index is 12.8. The van der Waals surface area contributed by atoms with Crippen molar-refractivity contribution in [1.82, 2.24) is 10.3 Å². The van der Waals surface area contributed by atoms with E-state index in [1.165, 1.54) is 6.20 Å². The molecule has 0 fully saturated rings. The quantitative estimate of drug-likeness (QED) is 0.509. The predicted octanol–water partition coefficient (Wildman–Crippen LogP) is 4.43. The Morgan fingerprint density at radius 1 is 1.16 bits per heavy atom. The van der Waals surface area contributed by atoms with E-state index in [0.29, 0.717) is 5.56 Å². The average Bonchev–Trinajstić information content (AvgIpc) is 3.10. The first-order valence-electron chi connectivity index (χ1n) is 8.39. The lowest BCUT2D eigenvalue weighted by atomic mass is 10.2. The van der Waals surface area contributed by atoms with Crippen LogP contribution in [0.5, 0.6) is 5.75 Å². The summed E-state index contributed by atoms with van der Waals surface area (Å²) in [5.41, 5.74) is 0.369. The third-order valence-electron chi connectivity index (χ3n) is 3.74. The number of benzene rings is 2. The summed E-state index contributed by atoms with van der Waals surface area (Å²) < 4.78 is 69.6. The van der Waals surface area contributed by atoms with E-state index >= 15 is 0 Å². The molecule has 3 aromatic rings. The monoisotopic (exact) mass is 491 g/mol. The fourth-order valence-electron chi connectivity index (χ4n) is 2.47. The first-order chi connectivity index (χ1) is 14.5. The lowest BCUT2D eigenvalue weighted by Crippen LogP contribution is -2.25. The molecule has 1 amide bonds. The molecule has 1 heterocycles. The number of hydrogen-bond donors (Lipinski definition) is 2. The van der Waals surface area contributed by atoms with Gasteiger partial charge in [-0.15, -0.1) is 13.2 Å². The second kappa shape index (κ2) is 9.12. The lowest BCUT2D eigenvalue weighted by molar-refractivity contribution is -0.274. The first-order valence-corrected chi connectivity index (χ1v) is 11.1. The zero-order valence-electron chi connectivity index (χ0n) is 15.3. The number of halogens is 4. The maximum absolute atomic E-state index is 12.8. The SMILES string of the molecule is O=C(NCc1ccc(OC(F)(F)F)cc1S(=O)(=O)Nc1ncc(Cl)s1)c1ccccc1. The van der Waals surface area contributed by atoms with Gasteiger partial charge in [-0.2, -0.15) is 0 Å². The number of carbonyl (C=O) groups is 1. The smallest absolute Gasteiger partial charge is 0.406 e. The highest BCUT2D eigenvalue weighted by Gasteiger charge is 2.32. The summed E-state index contributed by atoms with van der Waals surface area (Å²) in [7, 11) is -4.38. The number of thiazole rings is 1. The van der Waals surface area contributed by atoms with Crippen molar-refractivity contribution in [1.29, 1.82) is 0 Å². The topological polar surface area (TPSA) is 97.4 Å². The number of alkyl halides is 3. The van der Waals surface area contributed by atoms with Gasteiger partial charge in [0.1, 0.15) is 10.1 Å². The molecule has 31 heavy (non-hydrogen) atoms. The van der Waals surface area contributed by atoms with Gasteiger partial charge < -0.3 is 10.1 Å². The molecule has 0 radical (unpaired) electrons. The molecule has 7 nitrogen and oxygen atoms in total. The van der Waals surface area contributed by atoms with Crippen LogP contribution in [0.4, 0.5) is 18.3 Å². The molecular formula is C18H13ClF3N3O4S2. The summed E-state index contributed by atoms with van der Waals surface area (Å²) in [5, 5.41) is 2.46. The van der Waals surface area contributed by atoms with Gasteiger partial charge in [0.05, 0.1) is 11.1 Å². The van der Waals surface area contributed by atoms with Crippen LogP contribution >= 0.6 is 22.9 Å². The highest BCUT2D eigenvalue weighted by atomic mass is 35.5. The highest BCUT2D eigenvalue weighted by Crippen LogP contribution is 2.30. The van der Waals surface area contributed by atoms with Crippen LogP contribution in [0.1, 0.15) is 15.9 Å². The summed E-state index contributed by atoms with van der Waals surface area (Å²) in [6.07, 6.45) is -3.80.